The Morgan fingerprint density at radius 3 is 2.63 bits per heavy atom. The van der Waals surface area contributed by atoms with Crippen LogP contribution in [0.5, 0.6) is 0 Å². The van der Waals surface area contributed by atoms with Crippen molar-refractivity contribution in [3.05, 3.63) is 35.9 Å². The number of carbonyl (C=O) groups excluding carboxylic acids is 2. The smallest absolute Gasteiger partial charge is 0.241 e. The number of hydrogen-bond acceptors (Lipinski definition) is 3. The molecule has 5 nitrogen and oxygen atoms in total. The number of amides is 2. The van der Waals surface area contributed by atoms with Crippen molar-refractivity contribution in [2.75, 3.05) is 20.1 Å². The first kappa shape index (κ1) is 13.5. The molecule has 0 aliphatic carbocycles. The van der Waals surface area contributed by atoms with Crippen LogP contribution in [0.25, 0.3) is 0 Å². The van der Waals surface area contributed by atoms with Crippen molar-refractivity contribution in [2.45, 2.75) is 19.0 Å². The van der Waals surface area contributed by atoms with Crippen molar-refractivity contribution in [1.29, 1.82) is 0 Å². The van der Waals surface area contributed by atoms with E-state index in [-0.39, 0.29) is 30.4 Å². The molecule has 2 rings (SSSR count). The summed E-state index contributed by atoms with van der Waals surface area (Å²) in [7, 11) is 1.79. The molecule has 1 aromatic rings. The summed E-state index contributed by atoms with van der Waals surface area (Å²) >= 11 is 0. The summed E-state index contributed by atoms with van der Waals surface area (Å²) < 4.78 is 0. The topological polar surface area (TPSA) is 61.4 Å². The van der Waals surface area contributed by atoms with Crippen molar-refractivity contribution in [3.63, 3.8) is 0 Å². The van der Waals surface area contributed by atoms with E-state index in [1.165, 1.54) is 0 Å². The zero-order valence-electron chi connectivity index (χ0n) is 11.2. The highest BCUT2D eigenvalue weighted by atomic mass is 16.2. The van der Waals surface area contributed by atoms with Gasteiger partial charge in [0.1, 0.15) is 6.04 Å². The van der Waals surface area contributed by atoms with Crippen LogP contribution in [-0.2, 0) is 9.59 Å². The highest BCUT2D eigenvalue weighted by molar-refractivity contribution is 5.86. The summed E-state index contributed by atoms with van der Waals surface area (Å²) in [5.74, 6) is -0.0702. The molecule has 2 atom stereocenters. The predicted octanol–water partition coefficient (Wildman–Crippen LogP) is 0.294. The van der Waals surface area contributed by atoms with Crippen LogP contribution in [0.3, 0.4) is 0 Å². The van der Waals surface area contributed by atoms with E-state index in [0.29, 0.717) is 6.54 Å². The van der Waals surface area contributed by atoms with Crippen LogP contribution in [0.4, 0.5) is 0 Å². The van der Waals surface area contributed by atoms with Gasteiger partial charge in [-0.1, -0.05) is 30.3 Å². The summed E-state index contributed by atoms with van der Waals surface area (Å²) in [5, 5.41) is 5.65. The number of nitrogens with zero attached hydrogens (tertiary/aromatic N) is 1. The molecular weight excluding hydrogens is 242 g/mol. The van der Waals surface area contributed by atoms with Crippen molar-refractivity contribution >= 4 is 11.8 Å². The third-order valence-corrected chi connectivity index (χ3v) is 3.52. The number of nitrogens with one attached hydrogen (secondary N) is 2. The molecular formula is C14H19N3O2. The molecule has 1 heterocycles. The predicted molar refractivity (Wildman–Crippen MR) is 72.4 cm³/mol. The normalized spacial score (nSPS) is 20.5. The molecule has 1 saturated heterocycles. The molecule has 19 heavy (non-hydrogen) atoms. The molecule has 1 fully saturated rings. The van der Waals surface area contributed by atoms with Gasteiger partial charge >= 0.3 is 0 Å². The number of carbonyl (C=O) groups is 2. The van der Waals surface area contributed by atoms with Crippen molar-refractivity contribution in [2.24, 2.45) is 0 Å². The second kappa shape index (κ2) is 5.84. The van der Waals surface area contributed by atoms with E-state index < -0.39 is 0 Å². The maximum atomic E-state index is 12.3. The Morgan fingerprint density at radius 2 is 2.05 bits per heavy atom. The largest absolute Gasteiger partial charge is 0.353 e. The average molecular weight is 261 g/mol. The molecule has 2 unspecified atom stereocenters. The van der Waals surface area contributed by atoms with Crippen LogP contribution >= 0.6 is 0 Å². The molecule has 0 bridgehead atoms. The Balaban J connectivity index is 2.01. The Labute approximate surface area is 113 Å². The molecule has 1 aliphatic heterocycles. The second-order valence-electron chi connectivity index (χ2n) is 4.77. The fourth-order valence-electron chi connectivity index (χ4n) is 2.13. The Bertz CT molecular complexity index is 451. The zero-order valence-corrected chi connectivity index (χ0v) is 11.2. The van der Waals surface area contributed by atoms with Gasteiger partial charge in [0, 0.05) is 13.6 Å². The van der Waals surface area contributed by atoms with Crippen LogP contribution in [0.2, 0.25) is 0 Å². The number of rotatable bonds is 3. The van der Waals surface area contributed by atoms with E-state index in [0.717, 1.165) is 5.56 Å². The summed E-state index contributed by atoms with van der Waals surface area (Å²) in [5.41, 5.74) is 1.10. The first-order valence-corrected chi connectivity index (χ1v) is 6.41. The van der Waals surface area contributed by atoms with Gasteiger partial charge < -0.3 is 10.2 Å². The molecule has 5 heteroatoms. The Morgan fingerprint density at radius 1 is 1.37 bits per heavy atom. The third kappa shape index (κ3) is 3.12. The van der Waals surface area contributed by atoms with Crippen LogP contribution in [0.1, 0.15) is 18.5 Å². The van der Waals surface area contributed by atoms with Crippen molar-refractivity contribution in [3.8, 4) is 0 Å². The maximum absolute atomic E-state index is 12.3. The van der Waals surface area contributed by atoms with Gasteiger partial charge in [0.05, 0.1) is 12.6 Å². The fraction of sp³-hybridized carbons (Fsp3) is 0.429. The van der Waals surface area contributed by atoms with E-state index in [1.807, 2.05) is 37.3 Å². The molecule has 2 amide bonds. The monoisotopic (exact) mass is 261 g/mol. The number of piperazine rings is 1. The van der Waals surface area contributed by atoms with E-state index in [1.54, 1.807) is 11.9 Å². The van der Waals surface area contributed by atoms with Crippen LogP contribution in [0.15, 0.2) is 30.3 Å². The second-order valence-corrected chi connectivity index (χ2v) is 4.77. The minimum Gasteiger partial charge on any atom is -0.353 e. The van der Waals surface area contributed by atoms with E-state index in [2.05, 4.69) is 10.6 Å². The zero-order chi connectivity index (χ0) is 13.8. The van der Waals surface area contributed by atoms with Crippen LogP contribution in [-0.4, -0.2) is 42.9 Å². The summed E-state index contributed by atoms with van der Waals surface area (Å²) in [6.07, 6.45) is 0. The van der Waals surface area contributed by atoms with Gasteiger partial charge in [0.25, 0.3) is 0 Å². The Hall–Kier alpha value is -1.88. The molecule has 1 aromatic carbocycles. The molecule has 102 valence electrons. The first-order chi connectivity index (χ1) is 9.09. The fourth-order valence-corrected chi connectivity index (χ4v) is 2.13. The Kier molecular flexibility index (Phi) is 4.16. The number of likely N-dealkylation sites (N-methyl/N-ethyl adjacent to an activating group) is 1. The highest BCUT2D eigenvalue weighted by Gasteiger charge is 2.28. The van der Waals surface area contributed by atoms with Gasteiger partial charge in [-0.25, -0.2) is 0 Å². The maximum Gasteiger partial charge on any atom is 0.241 e. The molecule has 0 radical (unpaired) electrons. The lowest BCUT2D eigenvalue weighted by Gasteiger charge is -2.31. The lowest BCUT2D eigenvalue weighted by atomic mass is 10.1. The lowest BCUT2D eigenvalue weighted by Crippen LogP contribution is -2.58. The molecule has 0 aromatic heterocycles. The third-order valence-electron chi connectivity index (χ3n) is 3.52. The average Bonchev–Trinajstić information content (AvgIpc) is 2.46. The van der Waals surface area contributed by atoms with E-state index in [9.17, 15) is 9.59 Å². The van der Waals surface area contributed by atoms with Gasteiger partial charge in [-0.2, -0.15) is 0 Å². The SMILES string of the molecule is CC(c1ccccc1)N(C)C(=O)C1CNC(=O)CN1. The minimum atomic E-state index is -0.339. The number of hydrogen-bond donors (Lipinski definition) is 2. The van der Waals surface area contributed by atoms with E-state index >= 15 is 0 Å². The van der Waals surface area contributed by atoms with Gasteiger partial charge in [0.15, 0.2) is 0 Å². The van der Waals surface area contributed by atoms with Crippen LogP contribution < -0.4 is 10.6 Å². The molecule has 2 N–H and O–H groups in total. The lowest BCUT2D eigenvalue weighted by molar-refractivity contribution is -0.135. The van der Waals surface area contributed by atoms with Crippen molar-refractivity contribution < 1.29 is 9.59 Å². The molecule has 1 aliphatic rings. The van der Waals surface area contributed by atoms with Gasteiger partial charge in [-0.3, -0.25) is 14.9 Å². The van der Waals surface area contributed by atoms with E-state index in [4.69, 9.17) is 0 Å². The standard InChI is InChI=1S/C14H19N3O2/c1-10(11-6-4-3-5-7-11)17(2)14(19)12-8-16-13(18)9-15-12/h3-7,10,12,15H,8-9H2,1-2H3,(H,16,18). The summed E-state index contributed by atoms with van der Waals surface area (Å²) in [6.45, 7) is 2.54. The quantitative estimate of drug-likeness (QED) is 0.822. The van der Waals surface area contributed by atoms with Gasteiger partial charge in [-0.05, 0) is 12.5 Å². The first-order valence-electron chi connectivity index (χ1n) is 6.41. The van der Waals surface area contributed by atoms with Gasteiger partial charge in [0.2, 0.25) is 11.8 Å². The van der Waals surface area contributed by atoms with Crippen LogP contribution in [0, 0.1) is 0 Å². The van der Waals surface area contributed by atoms with Gasteiger partial charge in [-0.15, -0.1) is 0 Å². The highest BCUT2D eigenvalue weighted by Crippen LogP contribution is 2.18. The molecule has 0 saturated carbocycles. The van der Waals surface area contributed by atoms with Crippen molar-refractivity contribution in [1.82, 2.24) is 15.5 Å². The summed E-state index contributed by atoms with van der Waals surface area (Å²) in [4.78, 5) is 25.1. The molecule has 0 spiro atoms. The summed E-state index contributed by atoms with van der Waals surface area (Å²) in [6, 6.07) is 9.56. The number of benzene rings is 1. The minimum absolute atomic E-state index is 0.00338.